The van der Waals surface area contributed by atoms with E-state index in [0.717, 1.165) is 11.3 Å². The predicted octanol–water partition coefficient (Wildman–Crippen LogP) is 5.76. The molecule has 188 valence electrons. The van der Waals surface area contributed by atoms with Crippen molar-refractivity contribution in [2.75, 3.05) is 37.5 Å². The Labute approximate surface area is 211 Å². The van der Waals surface area contributed by atoms with Gasteiger partial charge in [-0.2, -0.15) is 0 Å². The zero-order valence-corrected chi connectivity index (χ0v) is 20.8. The topological polar surface area (TPSA) is 67.9 Å². The number of Topliss-reactive ketones (excluding diaryl/α,β-unsaturated/α-hetero) is 1. The fraction of sp³-hybridized carbons (Fsp3) is 0.310. The summed E-state index contributed by atoms with van der Waals surface area (Å²) in [5, 5.41) is 2.97. The number of hydrogen-bond donors (Lipinski definition) is 1. The summed E-state index contributed by atoms with van der Waals surface area (Å²) in [6.45, 7) is 3.45. The SMILES string of the molecule is CCc1c(C(=O)Nc2cc(OC)ccc2OC)cccc1N1CCC(C(=O)c2ccc(F)cc2)CC1. The van der Waals surface area contributed by atoms with E-state index in [4.69, 9.17) is 9.47 Å². The van der Waals surface area contributed by atoms with E-state index in [1.165, 1.54) is 12.1 Å². The maximum Gasteiger partial charge on any atom is 0.256 e. The van der Waals surface area contributed by atoms with E-state index in [0.29, 0.717) is 60.7 Å². The van der Waals surface area contributed by atoms with Crippen molar-refractivity contribution in [3.63, 3.8) is 0 Å². The predicted molar refractivity (Wildman–Crippen MR) is 139 cm³/mol. The van der Waals surface area contributed by atoms with Gasteiger partial charge in [-0.25, -0.2) is 4.39 Å². The van der Waals surface area contributed by atoms with Gasteiger partial charge in [0.05, 0.1) is 19.9 Å². The zero-order chi connectivity index (χ0) is 25.7. The van der Waals surface area contributed by atoms with Gasteiger partial charge in [0.25, 0.3) is 5.91 Å². The Morgan fingerprint density at radius 2 is 1.72 bits per heavy atom. The molecule has 0 unspecified atom stereocenters. The van der Waals surface area contributed by atoms with Crippen LogP contribution in [0.5, 0.6) is 11.5 Å². The molecule has 6 nitrogen and oxygen atoms in total. The number of anilines is 2. The summed E-state index contributed by atoms with van der Waals surface area (Å²) < 4.78 is 23.9. The second-order valence-electron chi connectivity index (χ2n) is 8.81. The number of nitrogens with zero attached hydrogens (tertiary/aromatic N) is 1. The van der Waals surface area contributed by atoms with Crippen LogP contribution in [0, 0.1) is 11.7 Å². The van der Waals surface area contributed by atoms with Crippen LogP contribution < -0.4 is 19.7 Å². The number of halogens is 1. The molecule has 1 amide bonds. The number of rotatable bonds is 8. The van der Waals surface area contributed by atoms with Crippen molar-refractivity contribution in [3.05, 3.63) is 83.2 Å². The molecular weight excluding hydrogens is 459 g/mol. The minimum atomic E-state index is -0.345. The van der Waals surface area contributed by atoms with Crippen molar-refractivity contribution in [2.24, 2.45) is 5.92 Å². The number of carbonyl (C=O) groups excluding carboxylic acids is 2. The van der Waals surface area contributed by atoms with Crippen LogP contribution in [0.3, 0.4) is 0 Å². The molecule has 0 spiro atoms. The smallest absolute Gasteiger partial charge is 0.256 e. The Morgan fingerprint density at radius 1 is 1.00 bits per heavy atom. The van der Waals surface area contributed by atoms with Gasteiger partial charge in [0.2, 0.25) is 0 Å². The van der Waals surface area contributed by atoms with E-state index < -0.39 is 0 Å². The number of ether oxygens (including phenoxy) is 2. The standard InChI is InChI=1S/C29H31FN2O4/c1-4-23-24(29(34)31-25-18-22(35-2)12-13-27(25)36-3)6-5-7-26(23)32-16-14-20(15-17-32)28(33)19-8-10-21(30)11-9-19/h5-13,18,20H,4,14-17H2,1-3H3,(H,31,34). The molecule has 1 aliphatic rings. The van der Waals surface area contributed by atoms with Gasteiger partial charge in [0, 0.05) is 41.9 Å². The minimum absolute atomic E-state index is 0.0609. The van der Waals surface area contributed by atoms with E-state index in [1.807, 2.05) is 25.1 Å². The molecule has 0 bridgehead atoms. The third-order valence-corrected chi connectivity index (χ3v) is 6.74. The lowest BCUT2D eigenvalue weighted by atomic mass is 9.88. The van der Waals surface area contributed by atoms with Crippen LogP contribution in [-0.4, -0.2) is 39.0 Å². The number of methoxy groups -OCH3 is 2. The average molecular weight is 491 g/mol. The summed E-state index contributed by atoms with van der Waals surface area (Å²) in [5.74, 6) is 0.568. The van der Waals surface area contributed by atoms with Gasteiger partial charge < -0.3 is 19.7 Å². The van der Waals surface area contributed by atoms with Crippen LogP contribution in [0.1, 0.15) is 46.0 Å². The number of piperidine rings is 1. The number of nitrogens with one attached hydrogen (secondary N) is 1. The zero-order valence-electron chi connectivity index (χ0n) is 20.8. The van der Waals surface area contributed by atoms with Crippen molar-refractivity contribution in [3.8, 4) is 11.5 Å². The monoisotopic (exact) mass is 490 g/mol. The van der Waals surface area contributed by atoms with E-state index in [1.54, 1.807) is 44.6 Å². The highest BCUT2D eigenvalue weighted by Gasteiger charge is 2.27. The third-order valence-electron chi connectivity index (χ3n) is 6.74. The molecule has 0 atom stereocenters. The van der Waals surface area contributed by atoms with Gasteiger partial charge in [-0.05, 0) is 73.4 Å². The second-order valence-corrected chi connectivity index (χ2v) is 8.81. The maximum absolute atomic E-state index is 13.3. The molecule has 36 heavy (non-hydrogen) atoms. The first kappa shape index (κ1) is 25.2. The summed E-state index contributed by atoms with van der Waals surface area (Å²) in [4.78, 5) is 28.4. The van der Waals surface area contributed by atoms with Crippen molar-refractivity contribution in [2.45, 2.75) is 26.2 Å². The molecule has 3 aromatic rings. The Kier molecular flexibility index (Phi) is 7.88. The maximum atomic E-state index is 13.3. The van der Waals surface area contributed by atoms with Gasteiger partial charge >= 0.3 is 0 Å². The molecule has 1 heterocycles. The van der Waals surface area contributed by atoms with Gasteiger partial charge in [0.15, 0.2) is 5.78 Å². The average Bonchev–Trinajstić information content (AvgIpc) is 2.92. The lowest BCUT2D eigenvalue weighted by Gasteiger charge is -2.34. The summed E-state index contributed by atoms with van der Waals surface area (Å²) in [6, 6.07) is 16.8. The fourth-order valence-electron chi connectivity index (χ4n) is 4.79. The Hall–Kier alpha value is -3.87. The fourth-order valence-corrected chi connectivity index (χ4v) is 4.79. The van der Waals surface area contributed by atoms with Gasteiger partial charge in [0.1, 0.15) is 17.3 Å². The number of amides is 1. The van der Waals surface area contributed by atoms with Crippen LogP contribution in [0.15, 0.2) is 60.7 Å². The van der Waals surface area contributed by atoms with Gasteiger partial charge in [-0.15, -0.1) is 0 Å². The summed E-state index contributed by atoms with van der Waals surface area (Å²) in [5.41, 5.74) is 3.66. The van der Waals surface area contributed by atoms with E-state index in [-0.39, 0.29) is 23.4 Å². The van der Waals surface area contributed by atoms with E-state index in [2.05, 4.69) is 10.2 Å². The summed E-state index contributed by atoms with van der Waals surface area (Å²) in [6.07, 6.45) is 2.09. The van der Waals surface area contributed by atoms with E-state index in [9.17, 15) is 14.0 Å². The highest BCUT2D eigenvalue weighted by atomic mass is 19.1. The molecule has 0 saturated carbocycles. The van der Waals surface area contributed by atoms with Crippen LogP contribution in [0.4, 0.5) is 15.8 Å². The number of benzene rings is 3. The molecule has 0 aromatic heterocycles. The highest BCUT2D eigenvalue weighted by Crippen LogP contribution is 2.33. The number of ketones is 1. The molecule has 1 N–H and O–H groups in total. The molecule has 7 heteroatoms. The summed E-state index contributed by atoms with van der Waals surface area (Å²) >= 11 is 0. The van der Waals surface area contributed by atoms with Crippen LogP contribution >= 0.6 is 0 Å². The van der Waals surface area contributed by atoms with E-state index >= 15 is 0 Å². The molecule has 1 saturated heterocycles. The molecule has 3 aromatic carbocycles. The lowest BCUT2D eigenvalue weighted by molar-refractivity contribution is 0.0900. The number of hydrogen-bond acceptors (Lipinski definition) is 5. The van der Waals surface area contributed by atoms with Gasteiger partial charge in [-0.1, -0.05) is 13.0 Å². The highest BCUT2D eigenvalue weighted by molar-refractivity contribution is 6.07. The summed E-state index contributed by atoms with van der Waals surface area (Å²) in [7, 11) is 3.13. The Balaban J connectivity index is 1.50. The largest absolute Gasteiger partial charge is 0.497 e. The van der Waals surface area contributed by atoms with Crippen molar-refractivity contribution < 1.29 is 23.5 Å². The quantitative estimate of drug-likeness (QED) is 0.407. The molecule has 0 radical (unpaired) electrons. The Morgan fingerprint density at radius 3 is 2.36 bits per heavy atom. The number of carbonyl (C=O) groups is 2. The first-order valence-corrected chi connectivity index (χ1v) is 12.1. The van der Waals surface area contributed by atoms with Crippen LogP contribution in [-0.2, 0) is 6.42 Å². The second kappa shape index (κ2) is 11.2. The molecule has 1 fully saturated rings. The molecule has 0 aliphatic carbocycles. The van der Waals surface area contributed by atoms with Crippen molar-refractivity contribution in [1.29, 1.82) is 0 Å². The van der Waals surface area contributed by atoms with Crippen LogP contribution in [0.25, 0.3) is 0 Å². The van der Waals surface area contributed by atoms with Gasteiger partial charge in [-0.3, -0.25) is 9.59 Å². The van der Waals surface area contributed by atoms with Crippen LogP contribution in [0.2, 0.25) is 0 Å². The third kappa shape index (κ3) is 5.35. The molecule has 1 aliphatic heterocycles. The Bertz CT molecular complexity index is 1230. The minimum Gasteiger partial charge on any atom is -0.497 e. The molecular formula is C29H31FN2O4. The lowest BCUT2D eigenvalue weighted by Crippen LogP contribution is -2.37. The van der Waals surface area contributed by atoms with Crippen molar-refractivity contribution in [1.82, 2.24) is 0 Å². The van der Waals surface area contributed by atoms with Crippen molar-refractivity contribution >= 4 is 23.1 Å². The normalized spacial score (nSPS) is 13.8. The first-order valence-electron chi connectivity index (χ1n) is 12.1. The first-order chi connectivity index (χ1) is 17.4. The molecule has 4 rings (SSSR count).